The van der Waals surface area contributed by atoms with Gasteiger partial charge in [-0.3, -0.25) is 4.79 Å². The predicted octanol–water partition coefficient (Wildman–Crippen LogP) is 2.13. The molecule has 20 heavy (non-hydrogen) atoms. The van der Waals surface area contributed by atoms with Gasteiger partial charge in [0.1, 0.15) is 5.60 Å². The molecule has 0 saturated carbocycles. The number of rotatable bonds is 5. The molecular weight excluding hydrogens is 256 g/mol. The average Bonchev–Trinajstić information content (AvgIpc) is 2.37. The van der Waals surface area contributed by atoms with Gasteiger partial charge in [0.05, 0.1) is 0 Å². The van der Waals surface area contributed by atoms with Crippen molar-refractivity contribution >= 4 is 12.0 Å². The number of amides is 2. The third-order valence-electron chi connectivity index (χ3n) is 2.29. The van der Waals surface area contributed by atoms with Crippen LogP contribution in [0.5, 0.6) is 0 Å². The summed E-state index contributed by atoms with van der Waals surface area (Å²) < 4.78 is 5.09. The molecule has 0 aliphatic carbocycles. The predicted molar refractivity (Wildman–Crippen MR) is 76.5 cm³/mol. The summed E-state index contributed by atoms with van der Waals surface area (Å²) >= 11 is 0. The van der Waals surface area contributed by atoms with Gasteiger partial charge in [-0.25, -0.2) is 4.79 Å². The van der Waals surface area contributed by atoms with Crippen LogP contribution in [-0.2, 0) is 4.74 Å². The lowest BCUT2D eigenvalue weighted by atomic mass is 10.2. The van der Waals surface area contributed by atoms with E-state index < -0.39 is 11.7 Å². The summed E-state index contributed by atoms with van der Waals surface area (Å²) in [6.07, 6.45) is 0.201. The summed E-state index contributed by atoms with van der Waals surface area (Å²) in [5.41, 5.74) is 0.103. The topological polar surface area (TPSA) is 67.4 Å². The van der Waals surface area contributed by atoms with Crippen molar-refractivity contribution in [2.45, 2.75) is 32.8 Å². The molecule has 1 aromatic carbocycles. The minimum Gasteiger partial charge on any atom is -0.444 e. The highest BCUT2D eigenvalue weighted by Gasteiger charge is 2.15. The Kier molecular flexibility index (Phi) is 6.03. The van der Waals surface area contributed by atoms with Crippen LogP contribution in [0, 0.1) is 6.07 Å². The summed E-state index contributed by atoms with van der Waals surface area (Å²) in [4.78, 5) is 23.0. The van der Waals surface area contributed by atoms with Crippen LogP contribution >= 0.6 is 0 Å². The highest BCUT2D eigenvalue weighted by atomic mass is 16.6. The van der Waals surface area contributed by atoms with Crippen LogP contribution in [0.4, 0.5) is 4.79 Å². The summed E-state index contributed by atoms with van der Waals surface area (Å²) in [6.45, 7) is 6.38. The second-order valence-electron chi connectivity index (χ2n) is 5.33. The Bertz CT molecular complexity index is 438. The van der Waals surface area contributed by atoms with Crippen molar-refractivity contribution in [3.05, 3.63) is 35.9 Å². The first-order chi connectivity index (χ1) is 9.38. The van der Waals surface area contributed by atoms with E-state index in [1.165, 1.54) is 0 Å². The van der Waals surface area contributed by atoms with Gasteiger partial charge in [-0.1, -0.05) is 12.1 Å². The zero-order chi connectivity index (χ0) is 15.0. The Morgan fingerprint density at radius 2 is 1.75 bits per heavy atom. The quantitative estimate of drug-likeness (QED) is 0.810. The van der Waals surface area contributed by atoms with Gasteiger partial charge in [0.25, 0.3) is 5.91 Å². The number of hydrogen-bond donors (Lipinski definition) is 2. The fourth-order valence-corrected chi connectivity index (χ4v) is 1.44. The maximum absolute atomic E-state index is 11.7. The standard InChI is InChI=1S/C15H21N2O3/c1-15(2,3)20-14(19)17-11-7-10-16-13(18)12-8-5-4-6-9-12/h5-6,8-9H,7,10-11H2,1-3H3,(H,16,18)(H,17,19). The largest absolute Gasteiger partial charge is 0.444 e. The maximum atomic E-state index is 11.7. The summed E-state index contributed by atoms with van der Waals surface area (Å²) in [6, 6.07) is 9.65. The molecule has 0 aliphatic rings. The molecule has 5 nitrogen and oxygen atoms in total. The monoisotopic (exact) mass is 277 g/mol. The normalized spacial score (nSPS) is 10.8. The first-order valence-electron chi connectivity index (χ1n) is 6.59. The second-order valence-corrected chi connectivity index (χ2v) is 5.33. The van der Waals surface area contributed by atoms with Gasteiger partial charge in [0, 0.05) is 18.7 Å². The third-order valence-corrected chi connectivity index (χ3v) is 2.29. The molecule has 2 N–H and O–H groups in total. The fraction of sp³-hybridized carbons (Fsp3) is 0.467. The molecule has 109 valence electrons. The van der Waals surface area contributed by atoms with E-state index in [1.807, 2.05) is 20.8 Å². The second kappa shape index (κ2) is 7.53. The molecule has 0 fully saturated rings. The summed E-state index contributed by atoms with van der Waals surface area (Å²) in [5.74, 6) is -0.128. The minimum atomic E-state index is -0.497. The van der Waals surface area contributed by atoms with E-state index in [2.05, 4.69) is 16.7 Å². The Morgan fingerprint density at radius 3 is 2.35 bits per heavy atom. The van der Waals surface area contributed by atoms with E-state index in [0.717, 1.165) is 0 Å². The third kappa shape index (κ3) is 6.78. The Hall–Kier alpha value is -2.04. The van der Waals surface area contributed by atoms with Crippen LogP contribution in [0.15, 0.2) is 24.3 Å². The molecule has 0 aliphatic heterocycles. The van der Waals surface area contributed by atoms with Gasteiger partial charge in [0.2, 0.25) is 0 Å². The number of carbonyl (C=O) groups is 2. The molecule has 0 aromatic heterocycles. The van der Waals surface area contributed by atoms with Crippen LogP contribution in [0.2, 0.25) is 0 Å². The van der Waals surface area contributed by atoms with Crippen LogP contribution in [-0.4, -0.2) is 30.7 Å². The molecule has 0 atom stereocenters. The number of hydrogen-bond acceptors (Lipinski definition) is 3. The molecule has 0 heterocycles. The van der Waals surface area contributed by atoms with Crippen LogP contribution < -0.4 is 10.6 Å². The Labute approximate surface area is 119 Å². The number of ether oxygens (including phenoxy) is 1. The van der Waals surface area contributed by atoms with Gasteiger partial charge in [-0.2, -0.15) is 0 Å². The van der Waals surface area contributed by atoms with Crippen molar-refractivity contribution in [1.82, 2.24) is 10.6 Å². The summed E-state index contributed by atoms with van der Waals surface area (Å²) in [7, 11) is 0. The van der Waals surface area contributed by atoms with Gasteiger partial charge in [-0.15, -0.1) is 0 Å². The highest BCUT2D eigenvalue weighted by Crippen LogP contribution is 2.06. The van der Waals surface area contributed by atoms with E-state index in [9.17, 15) is 9.59 Å². The highest BCUT2D eigenvalue weighted by molar-refractivity contribution is 5.94. The lowest BCUT2D eigenvalue weighted by Crippen LogP contribution is -2.34. The fourth-order valence-electron chi connectivity index (χ4n) is 1.44. The molecule has 1 radical (unpaired) electrons. The zero-order valence-electron chi connectivity index (χ0n) is 12.2. The average molecular weight is 277 g/mol. The maximum Gasteiger partial charge on any atom is 0.407 e. The minimum absolute atomic E-state index is 0.128. The zero-order valence-corrected chi connectivity index (χ0v) is 12.2. The van der Waals surface area contributed by atoms with E-state index in [-0.39, 0.29) is 5.91 Å². The van der Waals surface area contributed by atoms with E-state index >= 15 is 0 Å². The molecular formula is C15H21N2O3. The van der Waals surface area contributed by atoms with Crippen molar-refractivity contribution < 1.29 is 14.3 Å². The van der Waals surface area contributed by atoms with Gasteiger partial charge >= 0.3 is 6.09 Å². The molecule has 0 unspecified atom stereocenters. The Balaban J connectivity index is 2.14. The SMILES string of the molecule is CC(C)(C)OC(=O)NCCCNC(=O)c1cc[c]cc1. The number of nitrogens with one attached hydrogen (secondary N) is 2. The van der Waals surface area contributed by atoms with Gasteiger partial charge in [-0.05, 0) is 45.4 Å². The molecule has 0 spiro atoms. The number of benzene rings is 1. The van der Waals surface area contributed by atoms with E-state index in [1.54, 1.807) is 24.3 Å². The molecule has 2 amide bonds. The van der Waals surface area contributed by atoms with Crippen molar-refractivity contribution in [2.24, 2.45) is 0 Å². The van der Waals surface area contributed by atoms with Crippen molar-refractivity contribution in [2.75, 3.05) is 13.1 Å². The van der Waals surface area contributed by atoms with Crippen molar-refractivity contribution in [3.8, 4) is 0 Å². The van der Waals surface area contributed by atoms with Crippen LogP contribution in [0.1, 0.15) is 37.6 Å². The van der Waals surface area contributed by atoms with Crippen LogP contribution in [0.25, 0.3) is 0 Å². The number of alkyl carbamates (subject to hydrolysis) is 1. The van der Waals surface area contributed by atoms with E-state index in [0.29, 0.717) is 25.1 Å². The van der Waals surface area contributed by atoms with E-state index in [4.69, 9.17) is 4.74 Å². The molecule has 5 heteroatoms. The Morgan fingerprint density at radius 1 is 1.15 bits per heavy atom. The lowest BCUT2D eigenvalue weighted by molar-refractivity contribution is 0.0527. The van der Waals surface area contributed by atoms with Gasteiger partial charge < -0.3 is 15.4 Å². The molecule has 1 rings (SSSR count). The molecule has 0 bridgehead atoms. The molecule has 1 aromatic rings. The van der Waals surface area contributed by atoms with Crippen molar-refractivity contribution in [3.63, 3.8) is 0 Å². The summed E-state index contributed by atoms with van der Waals surface area (Å²) in [5, 5.41) is 5.41. The lowest BCUT2D eigenvalue weighted by Gasteiger charge is -2.19. The van der Waals surface area contributed by atoms with Gasteiger partial charge in [0.15, 0.2) is 0 Å². The first kappa shape index (κ1) is 16.0. The smallest absolute Gasteiger partial charge is 0.407 e. The first-order valence-corrected chi connectivity index (χ1v) is 6.59. The van der Waals surface area contributed by atoms with Crippen LogP contribution in [0.3, 0.4) is 0 Å². The van der Waals surface area contributed by atoms with Crippen molar-refractivity contribution in [1.29, 1.82) is 0 Å². The molecule has 0 saturated heterocycles. The number of carbonyl (C=O) groups excluding carboxylic acids is 2.